The van der Waals surface area contributed by atoms with Gasteiger partial charge in [-0.3, -0.25) is 9.59 Å². The lowest BCUT2D eigenvalue weighted by Crippen LogP contribution is -2.31. The quantitative estimate of drug-likeness (QED) is 0.0494. The predicted octanol–water partition coefficient (Wildman–Crippen LogP) is 13.7. The third-order valence-corrected chi connectivity index (χ3v) is 11.1. The first-order chi connectivity index (χ1) is 25.8. The van der Waals surface area contributed by atoms with Gasteiger partial charge in [0.2, 0.25) is 0 Å². The van der Waals surface area contributed by atoms with Crippen molar-refractivity contribution in [3.8, 4) is 0 Å². The summed E-state index contributed by atoms with van der Waals surface area (Å²) < 4.78 is 11.5. The lowest BCUT2D eigenvalue weighted by Gasteiger charge is -2.29. The maximum Gasteiger partial charge on any atom is 0.306 e. The molecular formula is C47H93NO5. The van der Waals surface area contributed by atoms with Crippen LogP contribution in [0.5, 0.6) is 0 Å². The van der Waals surface area contributed by atoms with E-state index in [4.69, 9.17) is 9.47 Å². The van der Waals surface area contributed by atoms with Crippen LogP contribution in [-0.4, -0.2) is 60.9 Å². The summed E-state index contributed by atoms with van der Waals surface area (Å²) in [5.74, 6) is -0.00964. The van der Waals surface area contributed by atoms with E-state index >= 15 is 0 Å². The standard InChI is InChI=1S/C47H93NO5/c1-6-9-12-15-18-22-27-35-45(50)52-43-31-24-19-23-30-39-48(40-32-42-49)41-38-47(4,5)37-29-28-36-46(51)53-44(33-25-20-16-13-10-7-2)34-26-21-17-14-11-8-3/h44,49H,6-43H2,1-5H3. The summed E-state index contributed by atoms with van der Waals surface area (Å²) in [4.78, 5) is 27.4. The van der Waals surface area contributed by atoms with Crippen molar-refractivity contribution < 1.29 is 24.2 Å². The molecule has 0 saturated carbocycles. The molecule has 0 atom stereocenters. The molecule has 1 N–H and O–H groups in total. The van der Waals surface area contributed by atoms with Crippen molar-refractivity contribution >= 4 is 11.9 Å². The highest BCUT2D eigenvalue weighted by molar-refractivity contribution is 5.69. The fourth-order valence-electron chi connectivity index (χ4n) is 7.35. The Morgan fingerprint density at radius 1 is 0.509 bits per heavy atom. The van der Waals surface area contributed by atoms with Crippen molar-refractivity contribution in [3.63, 3.8) is 0 Å². The van der Waals surface area contributed by atoms with E-state index in [1.807, 2.05) is 0 Å². The summed E-state index contributed by atoms with van der Waals surface area (Å²) >= 11 is 0. The zero-order valence-corrected chi connectivity index (χ0v) is 36.5. The molecular weight excluding hydrogens is 659 g/mol. The minimum atomic E-state index is -0.0233. The fraction of sp³-hybridized carbons (Fsp3) is 0.957. The Hall–Kier alpha value is -1.14. The molecule has 0 unspecified atom stereocenters. The largest absolute Gasteiger partial charge is 0.466 e. The van der Waals surface area contributed by atoms with Crippen LogP contribution < -0.4 is 0 Å². The number of nitrogens with zero attached hydrogens (tertiary/aromatic N) is 1. The van der Waals surface area contributed by atoms with E-state index in [1.54, 1.807) is 0 Å². The average Bonchev–Trinajstić information content (AvgIpc) is 3.14. The van der Waals surface area contributed by atoms with Crippen LogP contribution in [0.25, 0.3) is 0 Å². The third kappa shape index (κ3) is 37.6. The van der Waals surface area contributed by atoms with Gasteiger partial charge in [-0.05, 0) is 89.1 Å². The van der Waals surface area contributed by atoms with Gasteiger partial charge in [0.05, 0.1) is 6.61 Å². The first-order valence-electron chi connectivity index (χ1n) is 23.5. The van der Waals surface area contributed by atoms with Gasteiger partial charge in [0.1, 0.15) is 6.10 Å². The molecule has 0 aromatic rings. The van der Waals surface area contributed by atoms with Crippen LogP contribution >= 0.6 is 0 Å². The Morgan fingerprint density at radius 2 is 0.962 bits per heavy atom. The van der Waals surface area contributed by atoms with Crippen molar-refractivity contribution in [2.75, 3.05) is 32.8 Å². The topological polar surface area (TPSA) is 76.1 Å². The van der Waals surface area contributed by atoms with Gasteiger partial charge in [-0.1, -0.05) is 163 Å². The Morgan fingerprint density at radius 3 is 1.53 bits per heavy atom. The predicted molar refractivity (Wildman–Crippen MR) is 228 cm³/mol. The van der Waals surface area contributed by atoms with Gasteiger partial charge in [-0.15, -0.1) is 0 Å². The van der Waals surface area contributed by atoms with Crippen LogP contribution in [0.15, 0.2) is 0 Å². The summed E-state index contributed by atoms with van der Waals surface area (Å²) in [5.41, 5.74) is 0.228. The first-order valence-corrected chi connectivity index (χ1v) is 23.5. The lowest BCUT2D eigenvalue weighted by atomic mass is 9.83. The Kier molecular flexibility index (Phi) is 38.3. The van der Waals surface area contributed by atoms with Crippen LogP contribution in [0, 0.1) is 5.41 Å². The number of aliphatic hydroxyl groups excluding tert-OH is 1. The molecule has 0 aromatic carbocycles. The zero-order valence-electron chi connectivity index (χ0n) is 36.5. The highest BCUT2D eigenvalue weighted by Crippen LogP contribution is 2.28. The second-order valence-electron chi connectivity index (χ2n) is 17.1. The van der Waals surface area contributed by atoms with Gasteiger partial charge in [-0.2, -0.15) is 0 Å². The molecule has 0 saturated heterocycles. The molecule has 6 nitrogen and oxygen atoms in total. The van der Waals surface area contributed by atoms with Crippen LogP contribution in [0.2, 0.25) is 0 Å². The van der Waals surface area contributed by atoms with Gasteiger partial charge >= 0.3 is 11.9 Å². The van der Waals surface area contributed by atoms with Crippen LogP contribution in [-0.2, 0) is 19.1 Å². The smallest absolute Gasteiger partial charge is 0.306 e. The SMILES string of the molecule is CCCCCCCCCC(=O)OCCCCCCCN(CCCO)CCC(C)(C)CCCCC(=O)OC(CCCCCCCC)CCCCCCCC. The van der Waals surface area contributed by atoms with E-state index in [9.17, 15) is 14.7 Å². The highest BCUT2D eigenvalue weighted by atomic mass is 16.5. The number of hydrogen-bond donors (Lipinski definition) is 1. The van der Waals surface area contributed by atoms with Gasteiger partial charge in [0.15, 0.2) is 0 Å². The number of aliphatic hydroxyl groups is 1. The molecule has 0 aliphatic heterocycles. The maximum atomic E-state index is 12.9. The Labute approximate surface area is 331 Å². The van der Waals surface area contributed by atoms with Crippen molar-refractivity contribution in [1.29, 1.82) is 0 Å². The normalized spacial score (nSPS) is 11.9. The van der Waals surface area contributed by atoms with Crippen molar-refractivity contribution in [3.05, 3.63) is 0 Å². The molecule has 0 fully saturated rings. The molecule has 0 aliphatic rings. The van der Waals surface area contributed by atoms with E-state index < -0.39 is 0 Å². The minimum absolute atomic E-state index is 0.0137. The van der Waals surface area contributed by atoms with Gasteiger partial charge in [-0.25, -0.2) is 0 Å². The number of unbranched alkanes of at least 4 members (excludes halogenated alkanes) is 21. The molecule has 316 valence electrons. The molecule has 0 rings (SSSR count). The lowest BCUT2D eigenvalue weighted by molar-refractivity contribution is -0.150. The monoisotopic (exact) mass is 752 g/mol. The highest BCUT2D eigenvalue weighted by Gasteiger charge is 2.20. The van der Waals surface area contributed by atoms with Gasteiger partial charge in [0.25, 0.3) is 0 Å². The number of hydrogen-bond acceptors (Lipinski definition) is 6. The summed E-state index contributed by atoms with van der Waals surface area (Å²) in [6.45, 7) is 15.4. The fourth-order valence-corrected chi connectivity index (χ4v) is 7.35. The molecule has 0 spiro atoms. The summed E-state index contributed by atoms with van der Waals surface area (Å²) in [6.07, 6.45) is 37.9. The van der Waals surface area contributed by atoms with Crippen molar-refractivity contribution in [2.45, 2.75) is 253 Å². The van der Waals surface area contributed by atoms with Crippen molar-refractivity contribution in [1.82, 2.24) is 4.90 Å². The van der Waals surface area contributed by atoms with Crippen LogP contribution in [0.1, 0.15) is 247 Å². The number of rotatable bonds is 42. The van der Waals surface area contributed by atoms with E-state index in [0.29, 0.717) is 19.4 Å². The molecule has 0 heterocycles. The zero-order chi connectivity index (χ0) is 39.1. The van der Waals surface area contributed by atoms with Crippen molar-refractivity contribution in [2.24, 2.45) is 5.41 Å². The molecule has 53 heavy (non-hydrogen) atoms. The van der Waals surface area contributed by atoms with E-state index in [1.165, 1.54) is 128 Å². The minimum Gasteiger partial charge on any atom is -0.466 e. The molecule has 0 aromatic heterocycles. The summed E-state index contributed by atoms with van der Waals surface area (Å²) in [7, 11) is 0. The van der Waals surface area contributed by atoms with Crippen LogP contribution in [0.4, 0.5) is 0 Å². The van der Waals surface area contributed by atoms with E-state index in [-0.39, 0.29) is 30.1 Å². The first kappa shape index (κ1) is 51.9. The summed E-state index contributed by atoms with van der Waals surface area (Å²) in [6, 6.07) is 0. The number of carbonyl (C=O) groups is 2. The average molecular weight is 752 g/mol. The van der Waals surface area contributed by atoms with E-state index in [2.05, 4.69) is 39.5 Å². The molecule has 0 radical (unpaired) electrons. The maximum absolute atomic E-state index is 12.9. The molecule has 6 heteroatoms. The van der Waals surface area contributed by atoms with Crippen LogP contribution in [0.3, 0.4) is 0 Å². The third-order valence-electron chi connectivity index (χ3n) is 11.1. The second kappa shape index (κ2) is 39.1. The number of ether oxygens (including phenoxy) is 2. The Bertz CT molecular complexity index is 771. The second-order valence-corrected chi connectivity index (χ2v) is 17.1. The molecule has 0 amide bonds. The summed E-state index contributed by atoms with van der Waals surface area (Å²) in [5, 5.41) is 9.48. The molecule has 0 aliphatic carbocycles. The van der Waals surface area contributed by atoms with E-state index in [0.717, 1.165) is 90.3 Å². The number of carbonyl (C=O) groups excluding carboxylic acids is 2. The van der Waals surface area contributed by atoms with Gasteiger partial charge in [0, 0.05) is 26.0 Å². The Balaban J connectivity index is 4.27. The van der Waals surface area contributed by atoms with Gasteiger partial charge < -0.3 is 19.5 Å². The molecule has 0 bridgehead atoms. The number of esters is 2.